The third kappa shape index (κ3) is 3.86. The highest BCUT2D eigenvalue weighted by atomic mass is 32.2. The van der Waals surface area contributed by atoms with Gasteiger partial charge < -0.3 is 5.73 Å². The molecule has 0 aliphatic heterocycles. The van der Waals surface area contributed by atoms with Crippen molar-refractivity contribution in [1.82, 2.24) is 4.72 Å². The summed E-state index contributed by atoms with van der Waals surface area (Å²) in [5.74, 6) is -0.623. The Bertz CT molecular complexity index is 549. The molecular weight excluding hydrogens is 299 g/mol. The summed E-state index contributed by atoms with van der Waals surface area (Å²) in [5, 5.41) is 0. The van der Waals surface area contributed by atoms with E-state index in [1.54, 1.807) is 11.8 Å². The Morgan fingerprint density at radius 3 is 2.45 bits per heavy atom. The molecule has 20 heavy (non-hydrogen) atoms. The first-order valence-electron chi connectivity index (χ1n) is 6.40. The third-order valence-corrected chi connectivity index (χ3v) is 6.62. The first-order valence-corrected chi connectivity index (χ1v) is 9.11. The lowest BCUT2D eigenvalue weighted by Crippen LogP contribution is -2.39. The van der Waals surface area contributed by atoms with E-state index in [0.29, 0.717) is 6.54 Å². The Morgan fingerprint density at radius 2 is 1.95 bits per heavy atom. The molecule has 0 heterocycles. The molecule has 0 atom stereocenters. The predicted molar refractivity (Wildman–Crippen MR) is 82.8 cm³/mol. The van der Waals surface area contributed by atoms with Gasteiger partial charge in [0.1, 0.15) is 10.7 Å². The van der Waals surface area contributed by atoms with Crippen molar-refractivity contribution >= 4 is 27.5 Å². The molecule has 7 heteroatoms. The van der Waals surface area contributed by atoms with Crippen molar-refractivity contribution in [3.8, 4) is 0 Å². The summed E-state index contributed by atoms with van der Waals surface area (Å²) in [5.41, 5.74) is 5.66. The smallest absolute Gasteiger partial charge is 0.242 e. The monoisotopic (exact) mass is 320 g/mol. The molecule has 4 nitrogen and oxygen atoms in total. The van der Waals surface area contributed by atoms with Crippen LogP contribution in [0.2, 0.25) is 0 Å². The molecule has 3 N–H and O–H groups in total. The van der Waals surface area contributed by atoms with Crippen molar-refractivity contribution in [3.63, 3.8) is 0 Å². The zero-order valence-corrected chi connectivity index (χ0v) is 13.6. The van der Waals surface area contributed by atoms with E-state index < -0.39 is 15.8 Å². The van der Waals surface area contributed by atoms with Crippen molar-refractivity contribution in [3.05, 3.63) is 24.0 Å². The number of benzene rings is 1. The molecule has 0 aliphatic carbocycles. The van der Waals surface area contributed by atoms with E-state index in [-0.39, 0.29) is 15.3 Å². The van der Waals surface area contributed by atoms with Crippen molar-refractivity contribution in [1.29, 1.82) is 0 Å². The standard InChI is InChI=1S/C13H21FN2O2S2/c1-4-13(5-2,19-3)9-16-20(17,18)12-8-10(14)6-7-11(12)15/h6-8,16H,4-5,9,15H2,1-3H3. The van der Waals surface area contributed by atoms with E-state index in [2.05, 4.69) is 4.72 Å². The van der Waals surface area contributed by atoms with Crippen LogP contribution < -0.4 is 10.5 Å². The molecule has 0 fully saturated rings. The quantitative estimate of drug-likeness (QED) is 0.758. The average molecular weight is 320 g/mol. The molecule has 0 saturated carbocycles. The van der Waals surface area contributed by atoms with Crippen LogP contribution in [0.4, 0.5) is 10.1 Å². The predicted octanol–water partition coefficient (Wildman–Crippen LogP) is 2.61. The molecule has 1 rings (SSSR count). The SMILES string of the molecule is CCC(CC)(CNS(=O)(=O)c1cc(F)ccc1N)SC. The van der Waals surface area contributed by atoms with Crippen LogP contribution in [0.25, 0.3) is 0 Å². The van der Waals surface area contributed by atoms with Gasteiger partial charge in [-0.1, -0.05) is 13.8 Å². The number of sulfonamides is 1. The van der Waals surface area contributed by atoms with Crippen LogP contribution in [0.3, 0.4) is 0 Å². The van der Waals surface area contributed by atoms with E-state index in [1.165, 1.54) is 6.07 Å². The molecule has 0 aromatic heterocycles. The number of nitrogens with one attached hydrogen (secondary N) is 1. The summed E-state index contributed by atoms with van der Waals surface area (Å²) in [4.78, 5) is -0.209. The zero-order chi connectivity index (χ0) is 15.4. The highest BCUT2D eigenvalue weighted by Gasteiger charge is 2.28. The van der Waals surface area contributed by atoms with Gasteiger partial charge in [0.15, 0.2) is 0 Å². The Kier molecular flexibility index (Phi) is 5.85. The summed E-state index contributed by atoms with van der Waals surface area (Å²) in [7, 11) is -3.81. The topological polar surface area (TPSA) is 72.2 Å². The molecule has 0 aliphatic rings. The maximum Gasteiger partial charge on any atom is 0.242 e. The van der Waals surface area contributed by atoms with Crippen LogP contribution in [0, 0.1) is 5.82 Å². The van der Waals surface area contributed by atoms with E-state index in [1.807, 2.05) is 20.1 Å². The minimum atomic E-state index is -3.81. The van der Waals surface area contributed by atoms with Crippen molar-refractivity contribution in [2.45, 2.75) is 36.3 Å². The number of halogens is 1. The first-order chi connectivity index (χ1) is 9.30. The Balaban J connectivity index is 2.98. The van der Waals surface area contributed by atoms with Crippen LogP contribution >= 0.6 is 11.8 Å². The number of nitrogen functional groups attached to an aromatic ring is 1. The summed E-state index contributed by atoms with van der Waals surface area (Å²) < 4.78 is 40.0. The number of thioether (sulfide) groups is 1. The van der Waals surface area contributed by atoms with Gasteiger partial charge in [0.2, 0.25) is 10.0 Å². The lowest BCUT2D eigenvalue weighted by atomic mass is 10.0. The fourth-order valence-corrected chi connectivity index (χ4v) is 4.06. The summed E-state index contributed by atoms with van der Waals surface area (Å²) in [6, 6.07) is 3.33. The second-order valence-electron chi connectivity index (χ2n) is 4.60. The first kappa shape index (κ1) is 17.3. The second kappa shape index (κ2) is 6.78. The van der Waals surface area contributed by atoms with Gasteiger partial charge in [-0.2, -0.15) is 11.8 Å². The maximum atomic E-state index is 13.2. The van der Waals surface area contributed by atoms with Crippen LogP contribution in [0.1, 0.15) is 26.7 Å². The van der Waals surface area contributed by atoms with Crippen LogP contribution in [0.5, 0.6) is 0 Å². The van der Waals surface area contributed by atoms with E-state index in [9.17, 15) is 12.8 Å². The van der Waals surface area contributed by atoms with Crippen LogP contribution in [0.15, 0.2) is 23.1 Å². The van der Waals surface area contributed by atoms with Crippen molar-refractivity contribution in [2.24, 2.45) is 0 Å². The van der Waals surface area contributed by atoms with Gasteiger partial charge >= 0.3 is 0 Å². The fraction of sp³-hybridized carbons (Fsp3) is 0.538. The van der Waals surface area contributed by atoms with Gasteiger partial charge in [0.25, 0.3) is 0 Å². The molecule has 1 aromatic rings. The zero-order valence-electron chi connectivity index (χ0n) is 11.9. The Hall–Kier alpha value is -0.790. The summed E-state index contributed by atoms with van der Waals surface area (Å²) in [6.45, 7) is 4.33. The highest BCUT2D eigenvalue weighted by molar-refractivity contribution is 8.00. The second-order valence-corrected chi connectivity index (χ2v) is 7.61. The van der Waals surface area contributed by atoms with Gasteiger partial charge in [0, 0.05) is 11.3 Å². The molecule has 0 amide bonds. The number of rotatable bonds is 7. The molecule has 0 bridgehead atoms. The number of anilines is 1. The average Bonchev–Trinajstić information content (AvgIpc) is 2.43. The fourth-order valence-electron chi connectivity index (χ4n) is 1.91. The van der Waals surface area contributed by atoms with E-state index in [0.717, 1.165) is 25.0 Å². The third-order valence-electron chi connectivity index (χ3n) is 3.57. The highest BCUT2D eigenvalue weighted by Crippen LogP contribution is 2.30. The minimum absolute atomic E-state index is 0.0432. The van der Waals surface area contributed by atoms with Gasteiger partial charge in [-0.25, -0.2) is 17.5 Å². The molecule has 0 spiro atoms. The molecular formula is C13H21FN2O2S2. The van der Waals surface area contributed by atoms with Gasteiger partial charge in [-0.15, -0.1) is 0 Å². The minimum Gasteiger partial charge on any atom is -0.398 e. The van der Waals surface area contributed by atoms with Crippen molar-refractivity contribution < 1.29 is 12.8 Å². The number of hydrogen-bond acceptors (Lipinski definition) is 4. The normalized spacial score (nSPS) is 12.6. The van der Waals surface area contributed by atoms with Crippen LogP contribution in [-0.2, 0) is 10.0 Å². The summed E-state index contributed by atoms with van der Waals surface area (Å²) in [6.07, 6.45) is 3.63. The van der Waals surface area contributed by atoms with Crippen LogP contribution in [-0.4, -0.2) is 26.0 Å². The number of hydrogen-bond donors (Lipinski definition) is 2. The Labute approximate surface area is 124 Å². The molecule has 114 valence electrons. The van der Waals surface area contributed by atoms with Gasteiger partial charge in [-0.05, 0) is 37.3 Å². The molecule has 0 unspecified atom stereocenters. The van der Waals surface area contributed by atoms with Gasteiger partial charge in [-0.3, -0.25) is 0 Å². The van der Waals surface area contributed by atoms with Crippen molar-refractivity contribution in [2.75, 3.05) is 18.5 Å². The Morgan fingerprint density at radius 1 is 1.35 bits per heavy atom. The van der Waals surface area contributed by atoms with E-state index >= 15 is 0 Å². The van der Waals surface area contributed by atoms with E-state index in [4.69, 9.17) is 5.73 Å². The largest absolute Gasteiger partial charge is 0.398 e. The summed E-state index contributed by atoms with van der Waals surface area (Å²) >= 11 is 1.63. The number of nitrogens with two attached hydrogens (primary N) is 1. The molecule has 0 radical (unpaired) electrons. The van der Waals surface area contributed by atoms with Gasteiger partial charge in [0.05, 0.1) is 5.69 Å². The lowest BCUT2D eigenvalue weighted by molar-refractivity contribution is 0.521. The molecule has 0 saturated heterocycles. The molecule has 1 aromatic carbocycles. The lowest BCUT2D eigenvalue weighted by Gasteiger charge is -2.29. The maximum absolute atomic E-state index is 13.2.